The van der Waals surface area contributed by atoms with Crippen molar-refractivity contribution in [2.45, 2.75) is 10.3 Å². The fourth-order valence-corrected chi connectivity index (χ4v) is 4.87. The molecule has 0 aliphatic heterocycles. The third-order valence-corrected chi connectivity index (χ3v) is 6.66. The molecule has 1 aromatic heterocycles. The minimum absolute atomic E-state index is 0.0224. The maximum Gasteiger partial charge on any atom is 0.200 e. The predicted octanol–water partition coefficient (Wildman–Crippen LogP) is 3.41. The van der Waals surface area contributed by atoms with Crippen molar-refractivity contribution in [1.29, 1.82) is 0 Å². The maximum absolute atomic E-state index is 13.4. The van der Waals surface area contributed by atoms with Gasteiger partial charge < -0.3 is 16.2 Å². The van der Waals surface area contributed by atoms with E-state index in [4.69, 9.17) is 16.2 Å². The lowest BCUT2D eigenvalue weighted by molar-refractivity contribution is 0.414. The molecule has 0 fully saturated rings. The fraction of sp³-hybridized carbons (Fsp3) is 0.0952. The summed E-state index contributed by atoms with van der Waals surface area (Å²) in [7, 11) is -2.47. The summed E-state index contributed by atoms with van der Waals surface area (Å²) in [6, 6.07) is 19.2. The number of nitrogens with two attached hydrogens (primary N) is 2. The largest absolute Gasteiger partial charge is 0.497 e. The van der Waals surface area contributed by atoms with Crippen LogP contribution < -0.4 is 16.2 Å². The highest BCUT2D eigenvalue weighted by Crippen LogP contribution is 2.36. The lowest BCUT2D eigenvalue weighted by atomic mass is 10.0. The summed E-state index contributed by atoms with van der Waals surface area (Å²) in [6.45, 7) is 0. The Balaban J connectivity index is 1.98. The molecule has 3 aromatic carbocycles. The highest BCUT2D eigenvalue weighted by Gasteiger charge is 2.30. The molecule has 0 aliphatic rings. The minimum Gasteiger partial charge on any atom is -0.497 e. The molecule has 0 bridgehead atoms. The average Bonchev–Trinajstić information content (AvgIpc) is 2.71. The zero-order valence-corrected chi connectivity index (χ0v) is 16.0. The molecule has 0 aliphatic carbocycles. The topological polar surface area (TPSA) is 108 Å². The second-order valence-corrected chi connectivity index (χ2v) is 8.47. The quantitative estimate of drug-likeness (QED) is 0.406. The van der Waals surface area contributed by atoms with Gasteiger partial charge in [0.05, 0.1) is 28.7 Å². The van der Waals surface area contributed by atoms with Gasteiger partial charge in [-0.15, -0.1) is 0 Å². The van der Waals surface area contributed by atoms with Crippen LogP contribution in [0.2, 0.25) is 0 Å². The molecule has 4 N–H and O–H groups in total. The number of pyridine rings is 1. The van der Waals surface area contributed by atoms with Crippen molar-refractivity contribution < 1.29 is 13.2 Å². The van der Waals surface area contributed by atoms with Crippen LogP contribution in [0.5, 0.6) is 5.75 Å². The van der Waals surface area contributed by atoms with Crippen molar-refractivity contribution in [2.75, 3.05) is 12.8 Å². The van der Waals surface area contributed by atoms with E-state index >= 15 is 0 Å². The van der Waals surface area contributed by atoms with Crippen LogP contribution in [0.15, 0.2) is 71.6 Å². The third kappa shape index (κ3) is 2.85. The van der Waals surface area contributed by atoms with Gasteiger partial charge in [0.1, 0.15) is 11.1 Å². The zero-order chi connectivity index (χ0) is 19.9. The number of sulfone groups is 1. The van der Waals surface area contributed by atoms with Gasteiger partial charge in [0.2, 0.25) is 0 Å². The predicted molar refractivity (Wildman–Crippen MR) is 111 cm³/mol. The molecule has 1 unspecified atom stereocenters. The summed E-state index contributed by atoms with van der Waals surface area (Å²) in [4.78, 5) is 4.60. The van der Waals surface area contributed by atoms with Crippen molar-refractivity contribution in [1.82, 2.24) is 4.98 Å². The van der Waals surface area contributed by atoms with Gasteiger partial charge in [-0.2, -0.15) is 0 Å². The van der Waals surface area contributed by atoms with E-state index in [0.29, 0.717) is 33.1 Å². The van der Waals surface area contributed by atoms with E-state index in [1.165, 1.54) is 19.2 Å². The molecule has 4 rings (SSSR count). The molecule has 0 amide bonds. The summed E-state index contributed by atoms with van der Waals surface area (Å²) >= 11 is 0. The Kier molecular flexibility index (Phi) is 4.41. The van der Waals surface area contributed by atoms with Crippen molar-refractivity contribution in [2.24, 2.45) is 5.73 Å². The monoisotopic (exact) mass is 393 g/mol. The number of hydrogen-bond donors (Lipinski definition) is 2. The standard InChI is InChI=1S/C21H19N3O3S/c1-27-13-10-11-19(16(22)12-13)28(25,26)21(23)20-14-6-2-4-8-17(14)24-18-9-5-3-7-15(18)20/h2-12,21H,22-23H2,1H3. The van der Waals surface area contributed by atoms with Gasteiger partial charge in [0.15, 0.2) is 9.84 Å². The van der Waals surface area contributed by atoms with Crippen molar-refractivity contribution in [3.05, 3.63) is 72.3 Å². The normalized spacial score (nSPS) is 12.9. The van der Waals surface area contributed by atoms with E-state index in [1.54, 1.807) is 6.07 Å². The lowest BCUT2D eigenvalue weighted by Gasteiger charge is -2.19. The number of hydrogen-bond acceptors (Lipinski definition) is 6. The molecule has 142 valence electrons. The van der Waals surface area contributed by atoms with Crippen LogP contribution in [0, 0.1) is 0 Å². The number of rotatable bonds is 4. The van der Waals surface area contributed by atoms with E-state index in [-0.39, 0.29) is 10.6 Å². The number of para-hydroxylation sites is 2. The lowest BCUT2D eigenvalue weighted by Crippen LogP contribution is -2.23. The Hall–Kier alpha value is -3.16. The summed E-state index contributed by atoms with van der Waals surface area (Å²) in [6.07, 6.45) is 0. The molecule has 6 nitrogen and oxygen atoms in total. The van der Waals surface area contributed by atoms with Crippen LogP contribution in [0.25, 0.3) is 21.8 Å². The number of benzene rings is 3. The van der Waals surface area contributed by atoms with Crippen LogP contribution in [0.3, 0.4) is 0 Å². The molecule has 4 aromatic rings. The van der Waals surface area contributed by atoms with Crippen LogP contribution >= 0.6 is 0 Å². The van der Waals surface area contributed by atoms with Crippen LogP contribution in [0.1, 0.15) is 10.9 Å². The number of nitrogen functional groups attached to an aromatic ring is 1. The first-order valence-electron chi connectivity index (χ1n) is 8.64. The van der Waals surface area contributed by atoms with Gasteiger partial charge in [-0.1, -0.05) is 36.4 Å². The van der Waals surface area contributed by atoms with Gasteiger partial charge in [-0.3, -0.25) is 0 Å². The Labute approximate surface area is 162 Å². The van der Waals surface area contributed by atoms with Gasteiger partial charge in [0.25, 0.3) is 0 Å². The number of methoxy groups -OCH3 is 1. The summed E-state index contributed by atoms with van der Waals surface area (Å²) in [5, 5.41) is 0.0923. The molecule has 1 atom stereocenters. The SMILES string of the molecule is COc1ccc(S(=O)(=O)C(N)c2c3ccccc3nc3ccccc23)c(N)c1. The number of nitrogens with zero attached hydrogens (tertiary/aromatic N) is 1. The summed E-state index contributed by atoms with van der Waals surface area (Å²) < 4.78 is 31.9. The van der Waals surface area contributed by atoms with Gasteiger partial charge in [-0.05, 0) is 24.3 Å². The van der Waals surface area contributed by atoms with Crippen molar-refractivity contribution in [3.63, 3.8) is 0 Å². The van der Waals surface area contributed by atoms with Gasteiger partial charge in [0, 0.05) is 22.4 Å². The summed E-state index contributed by atoms with van der Waals surface area (Å²) in [5.74, 6) is 0.477. The second kappa shape index (κ2) is 6.78. The Morgan fingerprint density at radius 3 is 2.04 bits per heavy atom. The van der Waals surface area contributed by atoms with E-state index in [2.05, 4.69) is 4.98 Å². The zero-order valence-electron chi connectivity index (χ0n) is 15.2. The molecule has 0 radical (unpaired) electrons. The Bertz CT molecular complexity index is 1250. The van der Waals surface area contributed by atoms with Crippen molar-refractivity contribution in [3.8, 4) is 5.75 Å². The van der Waals surface area contributed by atoms with Crippen LogP contribution in [-0.2, 0) is 9.84 Å². The highest BCUT2D eigenvalue weighted by atomic mass is 32.2. The van der Waals surface area contributed by atoms with E-state index in [0.717, 1.165) is 0 Å². The van der Waals surface area contributed by atoms with Gasteiger partial charge >= 0.3 is 0 Å². The molecular weight excluding hydrogens is 374 g/mol. The first-order chi connectivity index (χ1) is 13.4. The van der Waals surface area contributed by atoms with Crippen molar-refractivity contribution >= 4 is 37.3 Å². The first-order valence-corrected chi connectivity index (χ1v) is 10.2. The number of ether oxygens (including phenoxy) is 1. The molecule has 28 heavy (non-hydrogen) atoms. The first kappa shape index (κ1) is 18.2. The van der Waals surface area contributed by atoms with Crippen LogP contribution in [0.4, 0.5) is 5.69 Å². The van der Waals surface area contributed by atoms with Crippen LogP contribution in [-0.4, -0.2) is 20.5 Å². The average molecular weight is 393 g/mol. The van der Waals surface area contributed by atoms with Gasteiger partial charge in [-0.25, -0.2) is 13.4 Å². The molecule has 0 saturated carbocycles. The van der Waals surface area contributed by atoms with E-state index < -0.39 is 15.2 Å². The molecular formula is C21H19N3O3S. The summed E-state index contributed by atoms with van der Waals surface area (Å²) in [5.41, 5.74) is 14.3. The molecule has 7 heteroatoms. The Morgan fingerprint density at radius 1 is 0.929 bits per heavy atom. The maximum atomic E-state index is 13.4. The highest BCUT2D eigenvalue weighted by molar-refractivity contribution is 7.91. The smallest absolute Gasteiger partial charge is 0.200 e. The molecule has 0 saturated heterocycles. The second-order valence-electron chi connectivity index (χ2n) is 6.43. The van der Waals surface area contributed by atoms with E-state index in [9.17, 15) is 8.42 Å². The third-order valence-electron chi connectivity index (χ3n) is 4.77. The fourth-order valence-electron chi connectivity index (χ4n) is 3.38. The number of anilines is 1. The molecule has 0 spiro atoms. The number of fused-ring (bicyclic) bond motifs is 2. The molecule has 1 heterocycles. The number of aromatic nitrogens is 1. The van der Waals surface area contributed by atoms with E-state index in [1.807, 2.05) is 48.5 Å². The Morgan fingerprint density at radius 2 is 1.50 bits per heavy atom. The minimum atomic E-state index is -3.96.